The zero-order valence-corrected chi connectivity index (χ0v) is 13.1. The molecule has 4 nitrogen and oxygen atoms in total. The van der Waals surface area contributed by atoms with E-state index in [1.807, 2.05) is 30.3 Å². The zero-order valence-electron chi connectivity index (χ0n) is 13.1. The van der Waals surface area contributed by atoms with Crippen molar-refractivity contribution in [2.45, 2.75) is 20.8 Å². The molecule has 4 heteroatoms. The van der Waals surface area contributed by atoms with Gasteiger partial charge in [0, 0.05) is 5.57 Å². The quantitative estimate of drug-likeness (QED) is 0.488. The lowest BCUT2D eigenvalue weighted by atomic mass is 9.99. The predicted molar refractivity (Wildman–Crippen MR) is 84.4 cm³/mol. The molecule has 0 aliphatic carbocycles. The van der Waals surface area contributed by atoms with Crippen LogP contribution < -0.4 is 0 Å². The maximum atomic E-state index is 12.2. The first-order chi connectivity index (χ1) is 10.5. The number of benzene rings is 1. The van der Waals surface area contributed by atoms with Gasteiger partial charge in [0.05, 0.1) is 18.2 Å². The smallest absolute Gasteiger partial charge is 0.338 e. The van der Waals surface area contributed by atoms with Gasteiger partial charge in [-0.2, -0.15) is 0 Å². The van der Waals surface area contributed by atoms with E-state index < -0.39 is 5.97 Å². The number of carbonyl (C=O) groups is 2. The standard InChI is InChI=1S/C18H18O4/c1-11(16-10-15(12(2)19)13(3)22-16)17(18(20)21-4)14-8-6-5-7-9-14/h5-10H,1-4H3/b17-11+. The highest BCUT2D eigenvalue weighted by Crippen LogP contribution is 2.30. The fraction of sp³-hybridized carbons (Fsp3) is 0.222. The summed E-state index contributed by atoms with van der Waals surface area (Å²) in [5.41, 5.74) is 2.32. The Bertz CT molecular complexity index is 736. The van der Waals surface area contributed by atoms with Gasteiger partial charge in [0.2, 0.25) is 0 Å². The molecule has 0 atom stereocenters. The molecule has 2 rings (SSSR count). The number of furan rings is 1. The topological polar surface area (TPSA) is 56.5 Å². The summed E-state index contributed by atoms with van der Waals surface area (Å²) in [5, 5.41) is 0. The number of esters is 1. The number of ether oxygens (including phenoxy) is 1. The molecular weight excluding hydrogens is 280 g/mol. The molecule has 0 saturated heterocycles. The van der Waals surface area contributed by atoms with Gasteiger partial charge in [0.15, 0.2) is 5.78 Å². The fourth-order valence-corrected chi connectivity index (χ4v) is 2.33. The largest absolute Gasteiger partial charge is 0.465 e. The number of hydrogen-bond donors (Lipinski definition) is 0. The molecule has 0 aliphatic heterocycles. The number of ketones is 1. The van der Waals surface area contributed by atoms with Crippen molar-refractivity contribution in [1.82, 2.24) is 0 Å². The first-order valence-electron chi connectivity index (χ1n) is 6.92. The van der Waals surface area contributed by atoms with Crippen LogP contribution in [-0.4, -0.2) is 18.9 Å². The van der Waals surface area contributed by atoms with E-state index in [-0.39, 0.29) is 5.78 Å². The van der Waals surface area contributed by atoms with Crippen LogP contribution in [0, 0.1) is 6.92 Å². The maximum absolute atomic E-state index is 12.2. The van der Waals surface area contributed by atoms with Gasteiger partial charge in [-0.3, -0.25) is 4.79 Å². The third-order valence-corrected chi connectivity index (χ3v) is 3.49. The van der Waals surface area contributed by atoms with Crippen molar-refractivity contribution in [2.24, 2.45) is 0 Å². The van der Waals surface area contributed by atoms with Gasteiger partial charge < -0.3 is 9.15 Å². The lowest BCUT2D eigenvalue weighted by Gasteiger charge is -2.09. The van der Waals surface area contributed by atoms with E-state index in [1.54, 1.807) is 19.9 Å². The lowest BCUT2D eigenvalue weighted by molar-refractivity contribution is -0.133. The molecule has 0 amide bonds. The molecule has 0 fully saturated rings. The van der Waals surface area contributed by atoms with Crippen molar-refractivity contribution in [3.05, 3.63) is 59.0 Å². The third-order valence-electron chi connectivity index (χ3n) is 3.49. The molecule has 114 valence electrons. The minimum atomic E-state index is -0.442. The van der Waals surface area contributed by atoms with Crippen molar-refractivity contribution >= 4 is 22.9 Å². The second-order valence-corrected chi connectivity index (χ2v) is 4.99. The second kappa shape index (κ2) is 6.43. The molecule has 1 aromatic heterocycles. The molecule has 0 aliphatic rings. The number of aryl methyl sites for hydroxylation is 1. The van der Waals surface area contributed by atoms with Crippen LogP contribution in [-0.2, 0) is 9.53 Å². The Morgan fingerprint density at radius 3 is 2.23 bits per heavy atom. The number of hydrogen-bond acceptors (Lipinski definition) is 4. The first kappa shape index (κ1) is 15.8. The SMILES string of the molecule is COC(=O)/C(=C(\C)c1cc(C(C)=O)c(C)o1)c1ccccc1. The molecule has 0 radical (unpaired) electrons. The molecule has 0 saturated carbocycles. The van der Waals surface area contributed by atoms with E-state index in [2.05, 4.69) is 0 Å². The van der Waals surface area contributed by atoms with E-state index in [1.165, 1.54) is 14.0 Å². The van der Waals surface area contributed by atoms with E-state index in [0.717, 1.165) is 5.56 Å². The van der Waals surface area contributed by atoms with Crippen LogP contribution in [0.1, 0.15) is 41.3 Å². The average molecular weight is 298 g/mol. The van der Waals surface area contributed by atoms with Gasteiger partial charge in [-0.1, -0.05) is 30.3 Å². The summed E-state index contributed by atoms with van der Waals surface area (Å²) >= 11 is 0. The molecule has 22 heavy (non-hydrogen) atoms. The Labute approximate surface area is 129 Å². The highest BCUT2D eigenvalue weighted by molar-refractivity contribution is 6.24. The summed E-state index contributed by atoms with van der Waals surface area (Å²) in [7, 11) is 1.34. The van der Waals surface area contributed by atoms with Crippen LogP contribution in [0.4, 0.5) is 0 Å². The van der Waals surface area contributed by atoms with Crippen molar-refractivity contribution < 1.29 is 18.7 Å². The summed E-state index contributed by atoms with van der Waals surface area (Å²) in [6.45, 7) is 4.99. The second-order valence-electron chi connectivity index (χ2n) is 4.99. The molecule has 2 aromatic rings. The predicted octanol–water partition coefficient (Wildman–Crippen LogP) is 3.89. The van der Waals surface area contributed by atoms with Gasteiger partial charge in [-0.05, 0) is 32.4 Å². The molecular formula is C18H18O4. The number of methoxy groups -OCH3 is 1. The van der Waals surface area contributed by atoms with Gasteiger partial charge in [0.1, 0.15) is 11.5 Å². The highest BCUT2D eigenvalue weighted by atomic mass is 16.5. The van der Waals surface area contributed by atoms with Gasteiger partial charge in [-0.25, -0.2) is 4.79 Å². The molecule has 0 N–H and O–H groups in total. The minimum Gasteiger partial charge on any atom is -0.465 e. The first-order valence-corrected chi connectivity index (χ1v) is 6.92. The maximum Gasteiger partial charge on any atom is 0.338 e. The Hall–Kier alpha value is -2.62. The normalized spacial score (nSPS) is 11.8. The minimum absolute atomic E-state index is 0.0698. The van der Waals surface area contributed by atoms with E-state index in [0.29, 0.717) is 28.2 Å². The zero-order chi connectivity index (χ0) is 16.3. The monoisotopic (exact) mass is 298 g/mol. The lowest BCUT2D eigenvalue weighted by Crippen LogP contribution is -2.05. The Kier molecular flexibility index (Phi) is 4.61. The summed E-state index contributed by atoms with van der Waals surface area (Å²) in [6, 6.07) is 10.9. The fourth-order valence-electron chi connectivity index (χ4n) is 2.33. The summed E-state index contributed by atoms with van der Waals surface area (Å²) in [6.07, 6.45) is 0. The number of Topliss-reactive ketones (excluding diaryl/α,β-unsaturated/α-hetero) is 1. The Balaban J connectivity index is 2.62. The van der Waals surface area contributed by atoms with Crippen molar-refractivity contribution in [1.29, 1.82) is 0 Å². The molecule has 0 bridgehead atoms. The van der Waals surface area contributed by atoms with Crippen LogP contribution in [0.15, 0.2) is 40.8 Å². The summed E-state index contributed by atoms with van der Waals surface area (Å²) < 4.78 is 10.5. The van der Waals surface area contributed by atoms with E-state index >= 15 is 0 Å². The summed E-state index contributed by atoms with van der Waals surface area (Å²) in [4.78, 5) is 23.7. The van der Waals surface area contributed by atoms with Crippen LogP contribution in [0.5, 0.6) is 0 Å². The van der Waals surface area contributed by atoms with Crippen molar-refractivity contribution in [3.63, 3.8) is 0 Å². The third kappa shape index (κ3) is 3.01. The van der Waals surface area contributed by atoms with Crippen molar-refractivity contribution in [2.75, 3.05) is 7.11 Å². The van der Waals surface area contributed by atoms with Crippen LogP contribution in [0.2, 0.25) is 0 Å². The van der Waals surface area contributed by atoms with Crippen molar-refractivity contribution in [3.8, 4) is 0 Å². The number of carbonyl (C=O) groups excluding carboxylic acids is 2. The van der Waals surface area contributed by atoms with Gasteiger partial charge >= 0.3 is 5.97 Å². The van der Waals surface area contributed by atoms with Crippen LogP contribution in [0.25, 0.3) is 11.1 Å². The van der Waals surface area contributed by atoms with Gasteiger partial charge in [-0.15, -0.1) is 0 Å². The average Bonchev–Trinajstić information content (AvgIpc) is 2.90. The molecule has 1 heterocycles. The van der Waals surface area contributed by atoms with E-state index in [9.17, 15) is 9.59 Å². The van der Waals surface area contributed by atoms with Crippen LogP contribution in [0.3, 0.4) is 0 Å². The number of allylic oxidation sites excluding steroid dienone is 1. The number of rotatable bonds is 4. The molecule has 0 unspecified atom stereocenters. The Morgan fingerprint density at radius 1 is 1.09 bits per heavy atom. The summed E-state index contributed by atoms with van der Waals surface area (Å²) in [5.74, 6) is 0.521. The van der Waals surface area contributed by atoms with Gasteiger partial charge in [0.25, 0.3) is 0 Å². The van der Waals surface area contributed by atoms with Crippen LogP contribution >= 0.6 is 0 Å². The highest BCUT2D eigenvalue weighted by Gasteiger charge is 2.20. The Morgan fingerprint density at radius 2 is 1.73 bits per heavy atom. The molecule has 0 spiro atoms. The molecule has 1 aromatic carbocycles. The van der Waals surface area contributed by atoms with E-state index in [4.69, 9.17) is 9.15 Å².